The van der Waals surface area contributed by atoms with E-state index >= 15 is 4.39 Å². The number of alkyl halides is 2. The molecule has 4 rings (SSSR count). The van der Waals surface area contributed by atoms with Gasteiger partial charge in [0.2, 0.25) is 5.12 Å². The Kier molecular flexibility index (Phi) is 5.62. The van der Waals surface area contributed by atoms with Crippen LogP contribution in [0.15, 0.2) is 23.8 Å². The molecule has 3 fully saturated rings. The lowest BCUT2D eigenvalue weighted by Crippen LogP contribution is -2.63. The summed E-state index contributed by atoms with van der Waals surface area (Å²) >= 11 is 0.508. The molecule has 30 heavy (non-hydrogen) atoms. The van der Waals surface area contributed by atoms with E-state index in [-0.39, 0.29) is 42.0 Å². The zero-order valence-electron chi connectivity index (χ0n) is 17.4. The second-order valence-corrected chi connectivity index (χ2v) is 11.0. The fraction of sp³-hybridized carbons (Fsp3) is 0.727. The summed E-state index contributed by atoms with van der Waals surface area (Å²) in [5.41, 5.74) is -2.71. The van der Waals surface area contributed by atoms with E-state index in [0.29, 0.717) is 30.2 Å². The van der Waals surface area contributed by atoms with Gasteiger partial charge in [-0.3, -0.25) is 9.59 Å². The largest absolute Gasteiger partial charge is 0.380 e. The molecule has 8 heteroatoms. The third kappa shape index (κ3) is 2.81. The van der Waals surface area contributed by atoms with Crippen LogP contribution in [0, 0.1) is 34.5 Å². The van der Waals surface area contributed by atoms with E-state index < -0.39 is 33.7 Å². The molecule has 166 valence electrons. The van der Waals surface area contributed by atoms with Crippen LogP contribution in [0.4, 0.5) is 8.78 Å². The molecule has 0 radical (unpaired) electrons. The molecule has 0 spiro atoms. The van der Waals surface area contributed by atoms with Crippen molar-refractivity contribution in [1.29, 1.82) is 0 Å². The van der Waals surface area contributed by atoms with Crippen molar-refractivity contribution in [2.75, 3.05) is 6.01 Å². The normalized spacial score (nSPS) is 49.8. The Labute approximate surface area is 182 Å². The lowest BCUT2D eigenvalue weighted by Gasteiger charge is -2.60. The van der Waals surface area contributed by atoms with E-state index in [1.54, 1.807) is 0 Å². The quantitative estimate of drug-likeness (QED) is 0.643. The second kappa shape index (κ2) is 7.47. The summed E-state index contributed by atoms with van der Waals surface area (Å²) in [6.07, 6.45) is 4.31. The SMILES string of the molecule is C[C@@H]1CC2C3C[C@H](F)C4=CC(=O)C=C[C@]4(C)C3[C@@H](OP)C[C@]2(C)[C@@]1(O)C(=O)SCF. The average molecular weight is 459 g/mol. The number of hydrogen-bond acceptors (Lipinski definition) is 5. The lowest BCUT2D eigenvalue weighted by molar-refractivity contribution is -0.172. The third-order valence-electron chi connectivity index (χ3n) is 8.71. The maximum absolute atomic E-state index is 15.4. The Bertz CT molecular complexity index is 834. The van der Waals surface area contributed by atoms with Crippen molar-refractivity contribution in [3.8, 4) is 0 Å². The van der Waals surface area contributed by atoms with Gasteiger partial charge >= 0.3 is 0 Å². The van der Waals surface area contributed by atoms with Gasteiger partial charge in [0.1, 0.15) is 17.8 Å². The first-order valence-electron chi connectivity index (χ1n) is 10.4. The number of carbonyl (C=O) groups excluding carboxylic acids is 2. The minimum Gasteiger partial charge on any atom is -0.380 e. The molecule has 10 atom stereocenters. The first kappa shape index (κ1) is 22.6. The zero-order valence-corrected chi connectivity index (χ0v) is 19.4. The van der Waals surface area contributed by atoms with E-state index in [2.05, 4.69) is 9.47 Å². The molecule has 4 aliphatic carbocycles. The highest BCUT2D eigenvalue weighted by Crippen LogP contribution is 2.69. The molecule has 4 aliphatic rings. The molecule has 0 saturated heterocycles. The molecule has 0 bridgehead atoms. The fourth-order valence-electron chi connectivity index (χ4n) is 7.36. The average Bonchev–Trinajstić information content (AvgIpc) is 2.90. The van der Waals surface area contributed by atoms with E-state index in [0.717, 1.165) is 0 Å². The van der Waals surface area contributed by atoms with Gasteiger partial charge in [0.25, 0.3) is 0 Å². The minimum atomic E-state index is -1.69. The highest BCUT2D eigenvalue weighted by molar-refractivity contribution is 8.13. The van der Waals surface area contributed by atoms with Crippen LogP contribution < -0.4 is 0 Å². The summed E-state index contributed by atoms with van der Waals surface area (Å²) in [6.45, 7) is 5.67. The maximum atomic E-state index is 15.4. The van der Waals surface area contributed by atoms with Crippen LogP contribution in [0.2, 0.25) is 0 Å². The van der Waals surface area contributed by atoms with Crippen molar-refractivity contribution in [3.63, 3.8) is 0 Å². The molecule has 0 amide bonds. The Morgan fingerprint density at radius 1 is 1.40 bits per heavy atom. The molecule has 0 aromatic heterocycles. The monoisotopic (exact) mass is 458 g/mol. The van der Waals surface area contributed by atoms with Crippen LogP contribution in [0.5, 0.6) is 0 Å². The van der Waals surface area contributed by atoms with Gasteiger partial charge in [0.15, 0.2) is 5.78 Å². The maximum Gasteiger partial charge on any atom is 0.223 e. The number of rotatable bonds is 3. The van der Waals surface area contributed by atoms with E-state index in [1.165, 1.54) is 12.2 Å². The molecular formula is C22H29F2O4PS. The smallest absolute Gasteiger partial charge is 0.223 e. The highest BCUT2D eigenvalue weighted by Gasteiger charge is 2.71. The number of fused-ring (bicyclic) bond motifs is 5. The van der Waals surface area contributed by atoms with Gasteiger partial charge in [0, 0.05) is 26.2 Å². The van der Waals surface area contributed by atoms with Crippen molar-refractivity contribution < 1.29 is 28.0 Å². The molecular weight excluding hydrogens is 429 g/mol. The van der Waals surface area contributed by atoms with Crippen molar-refractivity contribution in [1.82, 2.24) is 0 Å². The van der Waals surface area contributed by atoms with Crippen molar-refractivity contribution in [2.45, 2.75) is 57.9 Å². The number of thioether (sulfide) groups is 1. The van der Waals surface area contributed by atoms with Gasteiger partial charge in [-0.1, -0.05) is 38.6 Å². The number of halogens is 2. The lowest BCUT2D eigenvalue weighted by atomic mass is 9.46. The van der Waals surface area contributed by atoms with Gasteiger partial charge < -0.3 is 9.63 Å². The first-order chi connectivity index (χ1) is 14.0. The van der Waals surface area contributed by atoms with Crippen LogP contribution in [-0.4, -0.2) is 39.9 Å². The van der Waals surface area contributed by atoms with Gasteiger partial charge in [-0.2, -0.15) is 0 Å². The van der Waals surface area contributed by atoms with Crippen molar-refractivity contribution >= 4 is 32.1 Å². The number of hydrogen-bond donors (Lipinski definition) is 1. The molecule has 0 aromatic carbocycles. The summed E-state index contributed by atoms with van der Waals surface area (Å²) in [5.74, 6) is -0.900. The number of aliphatic hydroxyl groups is 1. The summed E-state index contributed by atoms with van der Waals surface area (Å²) < 4.78 is 34.2. The van der Waals surface area contributed by atoms with Gasteiger partial charge in [-0.25, -0.2) is 8.78 Å². The predicted octanol–water partition coefficient (Wildman–Crippen LogP) is 4.19. The number of carbonyl (C=O) groups is 2. The molecule has 3 saturated carbocycles. The zero-order chi connectivity index (χ0) is 22.1. The van der Waals surface area contributed by atoms with Crippen molar-refractivity contribution in [3.05, 3.63) is 23.8 Å². The fourth-order valence-corrected chi connectivity index (χ4v) is 8.38. The first-order valence-corrected chi connectivity index (χ1v) is 11.9. The molecule has 4 unspecified atom stereocenters. The van der Waals surface area contributed by atoms with Gasteiger partial charge in [0.05, 0.1) is 6.10 Å². The van der Waals surface area contributed by atoms with Crippen LogP contribution in [-0.2, 0) is 14.1 Å². The highest BCUT2D eigenvalue weighted by atomic mass is 32.2. The third-order valence-corrected chi connectivity index (χ3v) is 9.74. The summed E-state index contributed by atoms with van der Waals surface area (Å²) in [7, 11) is 2.29. The topological polar surface area (TPSA) is 63.6 Å². The summed E-state index contributed by atoms with van der Waals surface area (Å²) in [5, 5.41) is 11.1. The standard InChI is InChI=1S/C22H29F2O4PS/c1-11-6-14-13-8-16(24)15-7-12(25)4-5-20(15,2)18(13)17(28-29)9-21(14,3)22(11,27)19(26)30-10-23/h4-5,7,11,13-14,16-18,27H,6,8-10,29H2,1-3H3/t11-,13?,14?,16+,17+,18?,20+,21+,22+/m1/s1. The Morgan fingerprint density at radius 2 is 2.10 bits per heavy atom. The van der Waals surface area contributed by atoms with Crippen LogP contribution >= 0.6 is 21.2 Å². The minimum absolute atomic E-state index is 0.0887. The van der Waals surface area contributed by atoms with Gasteiger partial charge in [-0.15, -0.1) is 0 Å². The van der Waals surface area contributed by atoms with E-state index in [4.69, 9.17) is 4.52 Å². The van der Waals surface area contributed by atoms with Crippen LogP contribution in [0.25, 0.3) is 0 Å². The molecule has 4 nitrogen and oxygen atoms in total. The predicted molar refractivity (Wildman–Crippen MR) is 115 cm³/mol. The van der Waals surface area contributed by atoms with E-state index in [9.17, 15) is 19.1 Å². The Balaban J connectivity index is 1.81. The van der Waals surface area contributed by atoms with Crippen LogP contribution in [0.1, 0.15) is 40.0 Å². The molecule has 1 N–H and O–H groups in total. The second-order valence-electron chi connectivity index (χ2n) is 9.86. The Hall–Kier alpha value is -0.620. The number of ketones is 1. The van der Waals surface area contributed by atoms with Crippen LogP contribution in [0.3, 0.4) is 0 Å². The van der Waals surface area contributed by atoms with E-state index in [1.807, 2.05) is 26.8 Å². The molecule has 0 heterocycles. The molecule has 0 aromatic rings. The Morgan fingerprint density at radius 3 is 2.73 bits per heavy atom. The number of allylic oxidation sites excluding steroid dienone is 4. The van der Waals surface area contributed by atoms with Gasteiger partial charge in [-0.05, 0) is 54.7 Å². The van der Waals surface area contributed by atoms with Crippen molar-refractivity contribution in [2.24, 2.45) is 34.5 Å². The summed E-state index contributed by atoms with van der Waals surface area (Å²) in [6, 6.07) is -0.887. The molecule has 0 aliphatic heterocycles. The summed E-state index contributed by atoms with van der Waals surface area (Å²) in [4.78, 5) is 24.8.